The van der Waals surface area contributed by atoms with Crippen molar-refractivity contribution in [2.75, 3.05) is 0 Å². The molecule has 0 saturated heterocycles. The summed E-state index contributed by atoms with van der Waals surface area (Å²) in [6, 6.07) is 9.68. The Hall–Kier alpha value is -2.34. The van der Waals surface area contributed by atoms with E-state index in [2.05, 4.69) is 0 Å². The second-order valence-electron chi connectivity index (χ2n) is 4.51. The summed E-state index contributed by atoms with van der Waals surface area (Å²) in [6.45, 7) is 5.74. The molecule has 2 rings (SSSR count). The minimum atomic E-state index is -0.262. The summed E-state index contributed by atoms with van der Waals surface area (Å²) in [5.41, 5.74) is 3.64. The van der Waals surface area contributed by atoms with Crippen LogP contribution in [0.25, 0.3) is 5.69 Å². The quantitative estimate of drug-likeness (QED) is 0.766. The number of aryl methyl sites for hydroxylation is 3. The molecule has 90 valence electrons. The van der Waals surface area contributed by atoms with Crippen LogP contribution in [0.15, 0.2) is 35.3 Å². The number of nitrogens with zero attached hydrogens (tertiary/aromatic N) is 2. The molecule has 3 heteroatoms. The molecule has 1 aromatic carbocycles. The largest absolute Gasteiger partial charge is 0.283 e. The maximum absolute atomic E-state index is 12.2. The molecule has 0 aliphatic rings. The van der Waals surface area contributed by atoms with E-state index in [0.29, 0.717) is 5.56 Å². The summed E-state index contributed by atoms with van der Waals surface area (Å²) in [5.74, 6) is 0. The van der Waals surface area contributed by atoms with E-state index in [1.54, 1.807) is 19.2 Å². The monoisotopic (exact) mass is 238 g/mol. The molecule has 1 heterocycles. The van der Waals surface area contributed by atoms with Crippen LogP contribution < -0.4 is 5.56 Å². The van der Waals surface area contributed by atoms with Crippen molar-refractivity contribution >= 4 is 0 Å². The normalized spacial score (nSPS) is 10.1. The van der Waals surface area contributed by atoms with E-state index in [4.69, 9.17) is 5.26 Å². The van der Waals surface area contributed by atoms with E-state index in [1.807, 2.05) is 38.1 Å². The third kappa shape index (κ3) is 2.05. The van der Waals surface area contributed by atoms with Crippen LogP contribution in [0.3, 0.4) is 0 Å². The van der Waals surface area contributed by atoms with Gasteiger partial charge in [-0.15, -0.1) is 0 Å². The maximum Gasteiger partial charge on any atom is 0.273 e. The lowest BCUT2D eigenvalue weighted by molar-refractivity contribution is 0.968. The fourth-order valence-corrected chi connectivity index (χ4v) is 2.06. The Kier molecular flexibility index (Phi) is 3.03. The predicted molar refractivity (Wildman–Crippen MR) is 71.0 cm³/mol. The summed E-state index contributed by atoms with van der Waals surface area (Å²) < 4.78 is 1.52. The van der Waals surface area contributed by atoms with Gasteiger partial charge in [0.05, 0.1) is 0 Å². The van der Waals surface area contributed by atoms with E-state index in [1.165, 1.54) is 4.57 Å². The standard InChI is InChI=1S/C15H14N2O/c1-10-6-11(2)8-13(7-10)17-5-4-12(3)14(9-16)15(17)18/h4-8H,1-3H3. The Balaban J connectivity index is 2.73. The Bertz CT molecular complexity index is 685. The predicted octanol–water partition coefficient (Wildman–Crippen LogP) is 2.63. The molecule has 0 bridgehead atoms. The number of nitriles is 1. The summed E-state index contributed by atoms with van der Waals surface area (Å²) in [5, 5.41) is 9.02. The zero-order valence-corrected chi connectivity index (χ0v) is 10.7. The molecule has 0 unspecified atom stereocenters. The van der Waals surface area contributed by atoms with Crippen molar-refractivity contribution in [3.05, 3.63) is 63.1 Å². The zero-order chi connectivity index (χ0) is 13.3. The lowest BCUT2D eigenvalue weighted by atomic mass is 10.1. The van der Waals surface area contributed by atoms with Gasteiger partial charge in [0.15, 0.2) is 0 Å². The number of rotatable bonds is 1. The molecule has 0 N–H and O–H groups in total. The molecule has 0 saturated carbocycles. The van der Waals surface area contributed by atoms with Crippen LogP contribution in [-0.2, 0) is 0 Å². The average molecular weight is 238 g/mol. The average Bonchev–Trinajstić information content (AvgIpc) is 2.28. The molecule has 0 amide bonds. The Morgan fingerprint density at radius 3 is 2.28 bits per heavy atom. The Morgan fingerprint density at radius 1 is 1.11 bits per heavy atom. The van der Waals surface area contributed by atoms with Gasteiger partial charge in [0.1, 0.15) is 11.6 Å². The third-order valence-corrected chi connectivity index (χ3v) is 2.90. The number of pyridine rings is 1. The second kappa shape index (κ2) is 4.50. The van der Waals surface area contributed by atoms with Crippen molar-refractivity contribution in [2.24, 2.45) is 0 Å². The van der Waals surface area contributed by atoms with Gasteiger partial charge in [0, 0.05) is 11.9 Å². The highest BCUT2D eigenvalue weighted by molar-refractivity contribution is 5.43. The molecular weight excluding hydrogens is 224 g/mol. The van der Waals surface area contributed by atoms with E-state index < -0.39 is 0 Å². The summed E-state index contributed by atoms with van der Waals surface area (Å²) in [4.78, 5) is 12.2. The maximum atomic E-state index is 12.2. The number of benzene rings is 1. The van der Waals surface area contributed by atoms with E-state index in [-0.39, 0.29) is 11.1 Å². The molecule has 0 aliphatic carbocycles. The molecule has 0 fully saturated rings. The van der Waals surface area contributed by atoms with Gasteiger partial charge in [-0.3, -0.25) is 9.36 Å². The van der Waals surface area contributed by atoms with Crippen LogP contribution in [0.4, 0.5) is 0 Å². The first-order chi connectivity index (χ1) is 8.52. The molecule has 0 atom stereocenters. The second-order valence-corrected chi connectivity index (χ2v) is 4.51. The fourth-order valence-electron chi connectivity index (χ4n) is 2.06. The van der Waals surface area contributed by atoms with Crippen LogP contribution in [-0.4, -0.2) is 4.57 Å². The van der Waals surface area contributed by atoms with Crippen LogP contribution in [0.5, 0.6) is 0 Å². The number of hydrogen-bond acceptors (Lipinski definition) is 2. The van der Waals surface area contributed by atoms with E-state index >= 15 is 0 Å². The zero-order valence-electron chi connectivity index (χ0n) is 10.7. The van der Waals surface area contributed by atoms with Crippen molar-refractivity contribution in [1.82, 2.24) is 4.57 Å². The molecule has 0 aliphatic heterocycles. The summed E-state index contributed by atoms with van der Waals surface area (Å²) in [7, 11) is 0. The van der Waals surface area contributed by atoms with Gasteiger partial charge in [0.25, 0.3) is 5.56 Å². The van der Waals surface area contributed by atoms with Gasteiger partial charge in [0.2, 0.25) is 0 Å². The smallest absolute Gasteiger partial charge is 0.273 e. The number of aromatic nitrogens is 1. The van der Waals surface area contributed by atoms with E-state index in [9.17, 15) is 4.79 Å². The van der Waals surface area contributed by atoms with Crippen molar-refractivity contribution in [3.8, 4) is 11.8 Å². The topological polar surface area (TPSA) is 45.8 Å². The first-order valence-corrected chi connectivity index (χ1v) is 5.74. The van der Waals surface area contributed by atoms with Gasteiger partial charge in [-0.2, -0.15) is 5.26 Å². The molecule has 2 aromatic rings. The van der Waals surface area contributed by atoms with Crippen molar-refractivity contribution < 1.29 is 0 Å². The minimum absolute atomic E-state index is 0.205. The SMILES string of the molecule is Cc1cc(C)cc(-n2ccc(C)c(C#N)c2=O)c1. The molecular formula is C15H14N2O. The highest BCUT2D eigenvalue weighted by Gasteiger charge is 2.08. The van der Waals surface area contributed by atoms with Crippen LogP contribution in [0.1, 0.15) is 22.3 Å². The van der Waals surface area contributed by atoms with E-state index in [0.717, 1.165) is 16.8 Å². The minimum Gasteiger partial charge on any atom is -0.283 e. The molecule has 0 spiro atoms. The van der Waals surface area contributed by atoms with Crippen LogP contribution >= 0.6 is 0 Å². The van der Waals surface area contributed by atoms with Gasteiger partial charge < -0.3 is 0 Å². The lowest BCUT2D eigenvalue weighted by Crippen LogP contribution is -2.21. The van der Waals surface area contributed by atoms with Crippen molar-refractivity contribution in [3.63, 3.8) is 0 Å². The van der Waals surface area contributed by atoms with Gasteiger partial charge in [-0.25, -0.2) is 0 Å². The molecule has 1 aromatic heterocycles. The van der Waals surface area contributed by atoms with Crippen molar-refractivity contribution in [2.45, 2.75) is 20.8 Å². The number of hydrogen-bond donors (Lipinski definition) is 0. The summed E-state index contributed by atoms with van der Waals surface area (Å²) in [6.07, 6.45) is 1.72. The van der Waals surface area contributed by atoms with Crippen LogP contribution in [0.2, 0.25) is 0 Å². The molecule has 18 heavy (non-hydrogen) atoms. The Morgan fingerprint density at radius 2 is 1.72 bits per heavy atom. The highest BCUT2D eigenvalue weighted by atomic mass is 16.1. The molecule has 3 nitrogen and oxygen atoms in total. The third-order valence-electron chi connectivity index (χ3n) is 2.90. The van der Waals surface area contributed by atoms with Gasteiger partial charge in [-0.1, -0.05) is 6.07 Å². The first-order valence-electron chi connectivity index (χ1n) is 5.74. The summed E-state index contributed by atoms with van der Waals surface area (Å²) >= 11 is 0. The van der Waals surface area contributed by atoms with Gasteiger partial charge in [-0.05, 0) is 55.7 Å². The Labute approximate surface area is 106 Å². The fraction of sp³-hybridized carbons (Fsp3) is 0.200. The lowest BCUT2D eigenvalue weighted by Gasteiger charge is -2.09. The molecule has 0 radical (unpaired) electrons. The van der Waals surface area contributed by atoms with Crippen LogP contribution in [0, 0.1) is 32.1 Å². The first kappa shape index (κ1) is 12.1. The van der Waals surface area contributed by atoms with Crippen molar-refractivity contribution in [1.29, 1.82) is 5.26 Å². The van der Waals surface area contributed by atoms with Gasteiger partial charge >= 0.3 is 0 Å². The highest BCUT2D eigenvalue weighted by Crippen LogP contribution is 2.13.